The van der Waals surface area contributed by atoms with E-state index in [-0.39, 0.29) is 5.92 Å². The van der Waals surface area contributed by atoms with Gasteiger partial charge in [0.1, 0.15) is 6.04 Å². The van der Waals surface area contributed by atoms with Gasteiger partial charge in [0.2, 0.25) is 5.91 Å². The van der Waals surface area contributed by atoms with E-state index in [2.05, 4.69) is 17.1 Å². The Labute approximate surface area is 113 Å². The zero-order valence-corrected chi connectivity index (χ0v) is 12.1. The van der Waals surface area contributed by atoms with Crippen molar-refractivity contribution in [1.29, 1.82) is 0 Å². The van der Waals surface area contributed by atoms with Gasteiger partial charge in [0.25, 0.3) is 0 Å². The number of aliphatic carboxylic acids is 1. The van der Waals surface area contributed by atoms with Crippen LogP contribution >= 0.6 is 11.8 Å². The first-order chi connectivity index (χ1) is 8.36. The Hall–Kier alpha value is -0.750. The van der Waals surface area contributed by atoms with Gasteiger partial charge >= 0.3 is 5.97 Å². The molecule has 5 nitrogen and oxygen atoms in total. The average Bonchev–Trinajstić information content (AvgIpc) is 2.85. The van der Waals surface area contributed by atoms with E-state index in [0.717, 1.165) is 0 Å². The van der Waals surface area contributed by atoms with Gasteiger partial charge in [-0.3, -0.25) is 9.59 Å². The van der Waals surface area contributed by atoms with Gasteiger partial charge in [0.05, 0.1) is 6.04 Å². The topological polar surface area (TPSA) is 92.4 Å². The molecule has 0 saturated carbocycles. The lowest BCUT2D eigenvalue weighted by Crippen LogP contribution is -2.49. The molecule has 1 aliphatic rings. The van der Waals surface area contributed by atoms with Gasteiger partial charge in [0.15, 0.2) is 0 Å². The third kappa shape index (κ3) is 7.55. The fraction of sp³-hybridized carbons (Fsp3) is 0.833. The maximum atomic E-state index is 11.2. The van der Waals surface area contributed by atoms with E-state index in [1.807, 2.05) is 0 Å². The van der Waals surface area contributed by atoms with Crippen molar-refractivity contribution >= 4 is 23.6 Å². The van der Waals surface area contributed by atoms with Crippen LogP contribution in [0.15, 0.2) is 0 Å². The molecule has 0 aliphatic carbocycles. The zero-order valence-electron chi connectivity index (χ0n) is 11.3. The maximum absolute atomic E-state index is 11.2. The molecule has 106 valence electrons. The number of carbonyl (C=O) groups is 2. The van der Waals surface area contributed by atoms with Crippen LogP contribution in [0.4, 0.5) is 0 Å². The summed E-state index contributed by atoms with van der Waals surface area (Å²) >= 11 is 2.07. The smallest absolute Gasteiger partial charge is 0.325 e. The van der Waals surface area contributed by atoms with E-state index in [9.17, 15) is 9.59 Å². The van der Waals surface area contributed by atoms with Crippen molar-refractivity contribution in [3.63, 3.8) is 0 Å². The summed E-state index contributed by atoms with van der Waals surface area (Å²) in [5.41, 5.74) is 5.50. The summed E-state index contributed by atoms with van der Waals surface area (Å²) in [6.45, 7) is 5.00. The minimum absolute atomic E-state index is 0.000921. The van der Waals surface area contributed by atoms with Crippen LogP contribution in [0.1, 0.15) is 33.6 Å². The van der Waals surface area contributed by atoms with Gasteiger partial charge in [-0.05, 0) is 37.2 Å². The Bertz CT molecular complexity index is 260. The predicted molar refractivity (Wildman–Crippen MR) is 74.6 cm³/mol. The van der Waals surface area contributed by atoms with Crippen molar-refractivity contribution in [3.05, 3.63) is 0 Å². The van der Waals surface area contributed by atoms with Gasteiger partial charge in [-0.1, -0.05) is 13.8 Å². The number of hydrogen-bond donors (Lipinski definition) is 3. The SMILES string of the molecule is C1CCSC1.CC(NC(=O)C(N)C(C)C)C(=O)O. The molecular weight excluding hydrogens is 252 g/mol. The molecule has 1 heterocycles. The molecule has 1 amide bonds. The average molecular weight is 276 g/mol. The predicted octanol–water partition coefficient (Wildman–Crippen LogP) is 1.07. The molecule has 2 unspecified atom stereocenters. The number of carboxylic acids is 1. The monoisotopic (exact) mass is 276 g/mol. The molecule has 0 bridgehead atoms. The fourth-order valence-electron chi connectivity index (χ4n) is 1.18. The van der Waals surface area contributed by atoms with Gasteiger partial charge in [-0.15, -0.1) is 0 Å². The van der Waals surface area contributed by atoms with Gasteiger partial charge in [0, 0.05) is 0 Å². The Kier molecular flexibility index (Phi) is 8.83. The third-order valence-corrected chi connectivity index (χ3v) is 3.73. The second-order valence-electron chi connectivity index (χ2n) is 4.66. The highest BCUT2D eigenvalue weighted by Gasteiger charge is 2.21. The van der Waals surface area contributed by atoms with Crippen LogP contribution < -0.4 is 11.1 Å². The summed E-state index contributed by atoms with van der Waals surface area (Å²) in [6.07, 6.45) is 2.93. The highest BCUT2D eigenvalue weighted by Crippen LogP contribution is 2.14. The lowest BCUT2D eigenvalue weighted by Gasteiger charge is -2.17. The van der Waals surface area contributed by atoms with E-state index in [1.54, 1.807) is 13.8 Å². The second kappa shape index (κ2) is 9.22. The Morgan fingerprint density at radius 3 is 2.00 bits per heavy atom. The van der Waals surface area contributed by atoms with E-state index in [4.69, 9.17) is 10.8 Å². The molecule has 1 rings (SSSR count). The van der Waals surface area contributed by atoms with E-state index in [1.165, 1.54) is 31.3 Å². The molecule has 1 fully saturated rings. The molecule has 0 aromatic rings. The van der Waals surface area contributed by atoms with Crippen molar-refractivity contribution in [2.24, 2.45) is 11.7 Å². The Balaban J connectivity index is 0.000000473. The van der Waals surface area contributed by atoms with E-state index in [0.29, 0.717) is 0 Å². The quantitative estimate of drug-likeness (QED) is 0.714. The summed E-state index contributed by atoms with van der Waals surface area (Å²) in [5.74, 6) is 1.34. The molecule has 1 aliphatic heterocycles. The molecule has 2 atom stereocenters. The number of hydrogen-bond acceptors (Lipinski definition) is 4. The number of rotatable bonds is 4. The van der Waals surface area contributed by atoms with Crippen molar-refractivity contribution < 1.29 is 14.7 Å². The van der Waals surface area contributed by atoms with Crippen LogP contribution in [0.3, 0.4) is 0 Å². The first-order valence-electron chi connectivity index (χ1n) is 6.22. The van der Waals surface area contributed by atoms with Crippen molar-refractivity contribution in [1.82, 2.24) is 5.32 Å². The molecule has 0 radical (unpaired) electrons. The number of nitrogens with one attached hydrogen (secondary N) is 1. The number of carbonyl (C=O) groups excluding carboxylic acids is 1. The molecule has 0 aromatic heterocycles. The molecule has 0 spiro atoms. The van der Waals surface area contributed by atoms with Gasteiger partial charge in [-0.2, -0.15) is 11.8 Å². The number of nitrogens with two attached hydrogens (primary N) is 1. The first kappa shape index (κ1) is 17.2. The van der Waals surface area contributed by atoms with Gasteiger partial charge < -0.3 is 16.2 Å². The summed E-state index contributed by atoms with van der Waals surface area (Å²) in [6, 6.07) is -1.54. The standard InChI is InChI=1S/C8H16N2O3.C4H8S/c1-4(2)6(9)7(11)10-5(3)8(12)13;1-2-4-5-3-1/h4-6H,9H2,1-3H3,(H,10,11)(H,12,13);1-4H2. The van der Waals surface area contributed by atoms with E-state index >= 15 is 0 Å². The Morgan fingerprint density at radius 2 is 1.72 bits per heavy atom. The van der Waals surface area contributed by atoms with Crippen LogP contribution in [-0.4, -0.2) is 40.6 Å². The minimum Gasteiger partial charge on any atom is -0.480 e. The third-order valence-electron chi connectivity index (χ3n) is 2.58. The zero-order chi connectivity index (χ0) is 14.1. The molecular formula is C12H24N2O3S. The van der Waals surface area contributed by atoms with Crippen molar-refractivity contribution in [3.8, 4) is 0 Å². The second-order valence-corrected chi connectivity index (χ2v) is 5.88. The van der Waals surface area contributed by atoms with Crippen molar-refractivity contribution in [2.45, 2.75) is 45.7 Å². The normalized spacial score (nSPS) is 17.6. The minimum atomic E-state index is -1.07. The first-order valence-corrected chi connectivity index (χ1v) is 7.38. The summed E-state index contributed by atoms with van der Waals surface area (Å²) in [7, 11) is 0. The maximum Gasteiger partial charge on any atom is 0.325 e. The molecule has 18 heavy (non-hydrogen) atoms. The Morgan fingerprint density at radius 1 is 1.22 bits per heavy atom. The molecule has 1 saturated heterocycles. The highest BCUT2D eigenvalue weighted by atomic mass is 32.2. The van der Waals surface area contributed by atoms with Crippen LogP contribution in [-0.2, 0) is 9.59 Å². The molecule has 0 aromatic carbocycles. The lowest BCUT2D eigenvalue weighted by molar-refractivity contribution is -0.141. The van der Waals surface area contributed by atoms with Crippen LogP contribution in [0.5, 0.6) is 0 Å². The number of carboxylic acid groups (broad SMARTS) is 1. The molecule has 4 N–H and O–H groups in total. The number of thioether (sulfide) groups is 1. The van der Waals surface area contributed by atoms with Crippen LogP contribution in [0, 0.1) is 5.92 Å². The lowest BCUT2D eigenvalue weighted by atomic mass is 10.0. The summed E-state index contributed by atoms with van der Waals surface area (Å²) in [4.78, 5) is 21.6. The van der Waals surface area contributed by atoms with Gasteiger partial charge in [-0.25, -0.2) is 0 Å². The van der Waals surface area contributed by atoms with Crippen LogP contribution in [0.2, 0.25) is 0 Å². The van der Waals surface area contributed by atoms with Crippen molar-refractivity contribution in [2.75, 3.05) is 11.5 Å². The summed E-state index contributed by atoms with van der Waals surface area (Å²) in [5, 5.41) is 10.8. The summed E-state index contributed by atoms with van der Waals surface area (Å²) < 4.78 is 0. The van der Waals surface area contributed by atoms with Crippen LogP contribution in [0.25, 0.3) is 0 Å². The molecule has 6 heteroatoms. The van der Waals surface area contributed by atoms with E-state index < -0.39 is 24.0 Å². The highest BCUT2D eigenvalue weighted by molar-refractivity contribution is 7.99. The largest absolute Gasteiger partial charge is 0.480 e. The number of amides is 1. The fourth-order valence-corrected chi connectivity index (χ4v) is 2.21.